The normalized spacial score (nSPS) is 15.9. The molecule has 176 valence electrons. The molecule has 0 bridgehead atoms. The highest BCUT2D eigenvalue weighted by molar-refractivity contribution is 7.91. The van der Waals surface area contributed by atoms with Crippen LogP contribution in [0.5, 0.6) is 0 Å². The number of pyridine rings is 2. The molecule has 1 aliphatic rings. The second kappa shape index (κ2) is 10.0. The molecule has 1 saturated heterocycles. The summed E-state index contributed by atoms with van der Waals surface area (Å²) in [4.78, 5) is 11.1. The Hall–Kier alpha value is -2.72. The summed E-state index contributed by atoms with van der Waals surface area (Å²) in [5.74, 6) is -0.0485. The van der Waals surface area contributed by atoms with E-state index in [1.54, 1.807) is 30.7 Å². The molecule has 1 aliphatic heterocycles. The van der Waals surface area contributed by atoms with Crippen molar-refractivity contribution >= 4 is 9.84 Å². The van der Waals surface area contributed by atoms with Crippen LogP contribution in [0.15, 0.2) is 42.7 Å². The van der Waals surface area contributed by atoms with E-state index >= 15 is 0 Å². The van der Waals surface area contributed by atoms with Crippen LogP contribution in [0.2, 0.25) is 0 Å². The predicted octanol–water partition coefficient (Wildman–Crippen LogP) is 2.96. The zero-order valence-corrected chi connectivity index (χ0v) is 19.7. The van der Waals surface area contributed by atoms with Gasteiger partial charge in [0.2, 0.25) is 0 Å². The van der Waals surface area contributed by atoms with Crippen LogP contribution in [0, 0.1) is 5.82 Å². The second-order valence-electron chi connectivity index (χ2n) is 8.84. The highest BCUT2D eigenvalue weighted by atomic mass is 32.2. The first kappa shape index (κ1) is 23.4. The lowest BCUT2D eigenvalue weighted by molar-refractivity contribution is 0.201. The number of aromatic nitrogens is 5. The van der Waals surface area contributed by atoms with Gasteiger partial charge in [0.25, 0.3) is 0 Å². The Morgan fingerprint density at radius 3 is 2.55 bits per heavy atom. The maximum absolute atomic E-state index is 13.0. The summed E-state index contributed by atoms with van der Waals surface area (Å²) in [7, 11) is -3.17. The minimum atomic E-state index is -3.17. The van der Waals surface area contributed by atoms with Crippen LogP contribution in [-0.4, -0.2) is 56.6 Å². The van der Waals surface area contributed by atoms with Crippen molar-refractivity contribution in [3.8, 4) is 0 Å². The molecule has 4 heterocycles. The fraction of sp³-hybridized carbons (Fsp3) is 0.478. The average molecular weight is 473 g/mol. The topological polar surface area (TPSA) is 93.9 Å². The fourth-order valence-electron chi connectivity index (χ4n) is 3.95. The van der Waals surface area contributed by atoms with Gasteiger partial charge in [0.15, 0.2) is 9.84 Å². The van der Waals surface area contributed by atoms with Crippen molar-refractivity contribution in [2.75, 3.05) is 13.1 Å². The summed E-state index contributed by atoms with van der Waals surface area (Å²) in [6, 6.07) is 8.74. The van der Waals surface area contributed by atoms with Gasteiger partial charge in [-0.2, -0.15) is 0 Å². The summed E-state index contributed by atoms with van der Waals surface area (Å²) in [5.41, 5.74) is 3.21. The van der Waals surface area contributed by atoms with Gasteiger partial charge in [-0.15, -0.1) is 5.10 Å². The van der Waals surface area contributed by atoms with Crippen molar-refractivity contribution in [3.63, 3.8) is 0 Å². The molecule has 0 atom stereocenters. The molecular formula is C23H29FN6O2S. The molecule has 1 fully saturated rings. The zero-order chi connectivity index (χ0) is 23.4. The Kier molecular flexibility index (Phi) is 7.14. The smallest absolute Gasteiger partial charge is 0.158 e. The van der Waals surface area contributed by atoms with E-state index in [1.165, 1.54) is 12.3 Å². The van der Waals surface area contributed by atoms with Crippen molar-refractivity contribution in [2.45, 2.75) is 56.7 Å². The number of halogens is 1. The molecule has 33 heavy (non-hydrogen) atoms. The van der Waals surface area contributed by atoms with E-state index in [0.29, 0.717) is 24.7 Å². The van der Waals surface area contributed by atoms with Gasteiger partial charge in [0.05, 0.1) is 47.0 Å². The van der Waals surface area contributed by atoms with Gasteiger partial charge in [-0.05, 0) is 64.0 Å². The number of nitrogens with zero attached hydrogens (tertiary/aromatic N) is 6. The van der Waals surface area contributed by atoms with Crippen molar-refractivity contribution in [3.05, 3.63) is 71.3 Å². The number of likely N-dealkylation sites (tertiary alicyclic amines) is 1. The van der Waals surface area contributed by atoms with E-state index < -0.39 is 15.1 Å². The highest BCUT2D eigenvalue weighted by Crippen LogP contribution is 2.27. The molecule has 4 rings (SSSR count). The van der Waals surface area contributed by atoms with Crippen LogP contribution in [-0.2, 0) is 28.7 Å². The minimum absolute atomic E-state index is 0.0134. The van der Waals surface area contributed by atoms with Gasteiger partial charge in [-0.3, -0.25) is 14.9 Å². The molecule has 0 aliphatic carbocycles. The monoisotopic (exact) mass is 472 g/mol. The second-order valence-corrected chi connectivity index (χ2v) is 11.4. The molecule has 0 amide bonds. The van der Waals surface area contributed by atoms with Gasteiger partial charge in [0.1, 0.15) is 5.82 Å². The standard InChI is InChI=1S/C23H29FN6O2S/c1-17(2)33(31,32)16-21-4-3-5-23(26-21)18-8-10-29(11-9-18)13-22-15-30(28-27-22)14-20-7-6-19(24)12-25-20/h3-7,12,15,17-18H,8-11,13-14,16H2,1-2H3. The third-order valence-corrected chi connectivity index (χ3v) is 8.12. The van der Waals surface area contributed by atoms with Crippen LogP contribution < -0.4 is 0 Å². The Morgan fingerprint density at radius 2 is 1.85 bits per heavy atom. The molecule has 3 aromatic heterocycles. The van der Waals surface area contributed by atoms with Crippen LogP contribution in [0.25, 0.3) is 0 Å². The zero-order valence-electron chi connectivity index (χ0n) is 18.9. The fourth-order valence-corrected chi connectivity index (χ4v) is 4.86. The average Bonchev–Trinajstić information content (AvgIpc) is 3.22. The molecule has 8 nitrogen and oxygen atoms in total. The van der Waals surface area contributed by atoms with Crippen LogP contribution in [0.1, 0.15) is 55.4 Å². The molecular weight excluding hydrogens is 443 g/mol. The summed E-state index contributed by atoms with van der Waals surface area (Å²) < 4.78 is 39.2. The van der Waals surface area contributed by atoms with Crippen LogP contribution >= 0.6 is 0 Å². The SMILES string of the molecule is CC(C)S(=O)(=O)Cc1cccc(C2CCN(Cc3cn(Cc4ccc(F)cn4)nn3)CC2)n1. The van der Waals surface area contributed by atoms with Gasteiger partial charge in [0, 0.05) is 18.2 Å². The lowest BCUT2D eigenvalue weighted by atomic mass is 9.93. The Morgan fingerprint density at radius 1 is 1.06 bits per heavy atom. The van der Waals surface area contributed by atoms with E-state index in [4.69, 9.17) is 0 Å². The first-order chi connectivity index (χ1) is 15.8. The largest absolute Gasteiger partial charge is 0.297 e. The Bertz CT molecular complexity index is 1170. The number of hydrogen-bond acceptors (Lipinski definition) is 7. The van der Waals surface area contributed by atoms with Crippen molar-refractivity contribution in [2.24, 2.45) is 0 Å². The molecule has 0 radical (unpaired) electrons. The van der Waals surface area contributed by atoms with Gasteiger partial charge >= 0.3 is 0 Å². The van der Waals surface area contributed by atoms with E-state index in [1.807, 2.05) is 18.3 Å². The highest BCUT2D eigenvalue weighted by Gasteiger charge is 2.24. The maximum atomic E-state index is 13.0. The molecule has 0 spiro atoms. The lowest BCUT2D eigenvalue weighted by Gasteiger charge is -2.31. The maximum Gasteiger partial charge on any atom is 0.158 e. The Labute approximate surface area is 193 Å². The predicted molar refractivity (Wildman–Crippen MR) is 123 cm³/mol. The van der Waals surface area contributed by atoms with Crippen molar-refractivity contribution in [1.82, 2.24) is 29.9 Å². The molecule has 0 aromatic carbocycles. The van der Waals surface area contributed by atoms with Gasteiger partial charge in [-0.1, -0.05) is 11.3 Å². The third kappa shape index (κ3) is 6.20. The van der Waals surface area contributed by atoms with E-state index in [9.17, 15) is 12.8 Å². The van der Waals surface area contributed by atoms with E-state index in [-0.39, 0.29) is 11.6 Å². The first-order valence-electron chi connectivity index (χ1n) is 11.2. The molecule has 0 saturated carbocycles. The summed E-state index contributed by atoms with van der Waals surface area (Å²) >= 11 is 0. The molecule has 10 heteroatoms. The summed E-state index contributed by atoms with van der Waals surface area (Å²) in [6.45, 7) is 6.38. The number of piperidine rings is 1. The van der Waals surface area contributed by atoms with Crippen molar-refractivity contribution in [1.29, 1.82) is 0 Å². The summed E-state index contributed by atoms with van der Waals surface area (Å²) in [5, 5.41) is 8.02. The summed E-state index contributed by atoms with van der Waals surface area (Å²) in [6.07, 6.45) is 5.02. The van der Waals surface area contributed by atoms with E-state index in [0.717, 1.165) is 43.0 Å². The van der Waals surface area contributed by atoms with Crippen LogP contribution in [0.4, 0.5) is 4.39 Å². The van der Waals surface area contributed by atoms with E-state index in [2.05, 4.69) is 25.2 Å². The molecule has 0 unspecified atom stereocenters. The minimum Gasteiger partial charge on any atom is -0.297 e. The number of sulfone groups is 1. The quantitative estimate of drug-likeness (QED) is 0.497. The van der Waals surface area contributed by atoms with Gasteiger partial charge in [-0.25, -0.2) is 17.5 Å². The molecule has 3 aromatic rings. The molecule has 0 N–H and O–H groups in total. The number of rotatable bonds is 8. The van der Waals surface area contributed by atoms with Crippen molar-refractivity contribution < 1.29 is 12.8 Å². The number of hydrogen-bond donors (Lipinski definition) is 0. The van der Waals surface area contributed by atoms with Crippen LogP contribution in [0.3, 0.4) is 0 Å². The third-order valence-electron chi connectivity index (χ3n) is 5.99. The lowest BCUT2D eigenvalue weighted by Crippen LogP contribution is -2.32. The Balaban J connectivity index is 1.30. The van der Waals surface area contributed by atoms with Gasteiger partial charge < -0.3 is 0 Å². The first-order valence-corrected chi connectivity index (χ1v) is 12.9.